The predicted octanol–water partition coefficient (Wildman–Crippen LogP) is 10.5. The van der Waals surface area contributed by atoms with E-state index in [0.717, 1.165) is 43.7 Å². The summed E-state index contributed by atoms with van der Waals surface area (Å²) in [7, 11) is -1.34. The van der Waals surface area contributed by atoms with Gasteiger partial charge in [-0.2, -0.15) is 11.3 Å². The Bertz CT molecular complexity index is 1860. The van der Waals surface area contributed by atoms with Crippen LogP contribution in [0.2, 0.25) is 19.6 Å². The van der Waals surface area contributed by atoms with E-state index in [4.69, 9.17) is 0 Å². The van der Waals surface area contributed by atoms with Gasteiger partial charge in [0.25, 0.3) is 0 Å². The van der Waals surface area contributed by atoms with Crippen LogP contribution < -0.4 is 5.19 Å². The number of nitrogens with zero attached hydrogens (tertiary/aromatic N) is 2. The number of hydrogen-bond donors (Lipinski definition) is 0. The van der Waals surface area contributed by atoms with Gasteiger partial charge in [-0.25, -0.2) is 4.39 Å². The number of hydrogen-bond acceptors (Lipinski definition) is 3. The van der Waals surface area contributed by atoms with Gasteiger partial charge in [-0.1, -0.05) is 82.0 Å². The van der Waals surface area contributed by atoms with Gasteiger partial charge in [-0.15, -0.1) is 59.7 Å². The molecule has 3 heterocycles. The van der Waals surface area contributed by atoms with E-state index < -0.39 is 8.07 Å². The zero-order valence-electron chi connectivity index (χ0n) is 26.5. The minimum absolute atomic E-state index is 0. The normalized spacial score (nSPS) is 11.5. The zero-order chi connectivity index (χ0) is 30.7. The number of halogens is 1. The summed E-state index contributed by atoms with van der Waals surface area (Å²) >= 11 is 1.60. The average molecular weight is 795 g/mol. The fourth-order valence-corrected chi connectivity index (χ4v) is 8.17. The van der Waals surface area contributed by atoms with Gasteiger partial charge in [0.2, 0.25) is 0 Å². The standard InChI is InChI=1S/C20H15FNS.C18H24NSi.Ir/c1-12(2)13-9-10-22-17(11-13)14-5-3-6-15-19-16(21)7-4-8-18(19)23-20(14)15;1-14(2)11-16-12-17(15-9-7-6-8-10-15)19-13-18(16)20(3,4)5;/h3-4,6-12H,1-2H3;6-9,12-14H,11H2,1-5H3;/q2*-1;. The van der Waals surface area contributed by atoms with E-state index in [2.05, 4.69) is 93.8 Å². The van der Waals surface area contributed by atoms with Crippen LogP contribution in [0.1, 0.15) is 44.7 Å². The zero-order valence-corrected chi connectivity index (χ0v) is 30.7. The molecule has 0 aliphatic heterocycles. The van der Waals surface area contributed by atoms with Gasteiger partial charge in [0.05, 0.1) is 8.07 Å². The molecular weight excluding hydrogens is 756 g/mol. The second kappa shape index (κ2) is 14.4. The molecule has 1 radical (unpaired) electrons. The fraction of sp³-hybridized carbons (Fsp3) is 0.263. The predicted molar refractivity (Wildman–Crippen MR) is 185 cm³/mol. The van der Waals surface area contributed by atoms with Crippen LogP contribution in [0.4, 0.5) is 4.39 Å². The van der Waals surface area contributed by atoms with E-state index in [-0.39, 0.29) is 25.9 Å². The second-order valence-corrected chi connectivity index (χ2v) is 18.9. The molecule has 44 heavy (non-hydrogen) atoms. The minimum atomic E-state index is -1.34. The summed E-state index contributed by atoms with van der Waals surface area (Å²) in [5.41, 5.74) is 6.69. The maximum absolute atomic E-state index is 14.2. The Morgan fingerprint density at radius 1 is 0.864 bits per heavy atom. The Kier molecular flexibility index (Phi) is 11.1. The molecule has 0 saturated carbocycles. The molecular formula is C38H39FIrN2SSi-2. The van der Waals surface area contributed by atoms with Crippen molar-refractivity contribution in [3.8, 4) is 22.5 Å². The van der Waals surface area contributed by atoms with Crippen molar-refractivity contribution in [3.63, 3.8) is 0 Å². The third kappa shape index (κ3) is 7.60. The van der Waals surface area contributed by atoms with Gasteiger partial charge >= 0.3 is 0 Å². The van der Waals surface area contributed by atoms with Crippen LogP contribution >= 0.6 is 11.3 Å². The maximum Gasteiger partial charge on any atom is 0.130 e. The van der Waals surface area contributed by atoms with Crippen LogP contribution in [-0.2, 0) is 26.5 Å². The molecule has 3 aromatic heterocycles. The monoisotopic (exact) mass is 795 g/mol. The van der Waals surface area contributed by atoms with Crippen molar-refractivity contribution >= 4 is 44.8 Å². The molecule has 0 spiro atoms. The van der Waals surface area contributed by atoms with Crippen molar-refractivity contribution in [2.24, 2.45) is 5.92 Å². The Balaban J connectivity index is 0.000000199. The molecule has 0 saturated heterocycles. The van der Waals surface area contributed by atoms with Crippen LogP contribution in [-0.4, -0.2) is 18.0 Å². The quantitative estimate of drug-likeness (QED) is 0.124. The van der Waals surface area contributed by atoms with Crippen molar-refractivity contribution in [1.29, 1.82) is 0 Å². The molecule has 3 aromatic carbocycles. The van der Waals surface area contributed by atoms with E-state index in [1.165, 1.54) is 22.4 Å². The summed E-state index contributed by atoms with van der Waals surface area (Å²) < 4.78 is 16.2. The smallest absolute Gasteiger partial charge is 0.130 e. The molecule has 6 rings (SSSR count). The van der Waals surface area contributed by atoms with Crippen LogP contribution in [0.3, 0.4) is 0 Å². The van der Waals surface area contributed by atoms with Crippen LogP contribution in [0.15, 0.2) is 85.2 Å². The molecule has 2 nitrogen and oxygen atoms in total. The SMILES string of the molecule is CC(C)Cc1cc(-c2[c-]cccc2)ncc1[Si](C)(C)C.CC(C)c1ccnc(-c2[c-]ccc3c2sc2cccc(F)c23)c1.[Ir]. The summed E-state index contributed by atoms with van der Waals surface area (Å²) in [6.45, 7) is 16.1. The van der Waals surface area contributed by atoms with Crippen molar-refractivity contribution in [3.05, 3.63) is 114 Å². The molecule has 6 heteroatoms. The molecule has 0 unspecified atom stereocenters. The van der Waals surface area contributed by atoms with Gasteiger partial charge in [0.15, 0.2) is 0 Å². The van der Waals surface area contributed by atoms with E-state index >= 15 is 0 Å². The number of fused-ring (bicyclic) bond motifs is 3. The Labute approximate surface area is 280 Å². The van der Waals surface area contributed by atoms with Crippen molar-refractivity contribution < 1.29 is 24.5 Å². The Morgan fingerprint density at radius 2 is 1.66 bits per heavy atom. The average Bonchev–Trinajstić information content (AvgIpc) is 3.37. The molecule has 0 aliphatic rings. The number of pyridine rings is 2. The van der Waals surface area contributed by atoms with E-state index in [9.17, 15) is 4.39 Å². The Morgan fingerprint density at radius 3 is 2.34 bits per heavy atom. The van der Waals surface area contributed by atoms with Gasteiger partial charge in [-0.3, -0.25) is 0 Å². The fourth-order valence-electron chi connectivity index (χ4n) is 5.36. The number of thiophene rings is 1. The maximum atomic E-state index is 14.2. The third-order valence-electron chi connectivity index (χ3n) is 7.52. The molecule has 0 atom stereocenters. The molecule has 0 N–H and O–H groups in total. The molecule has 0 aliphatic carbocycles. The first kappa shape index (κ1) is 33.9. The first-order valence-electron chi connectivity index (χ1n) is 15.0. The van der Waals surface area contributed by atoms with E-state index in [0.29, 0.717) is 17.2 Å². The summed E-state index contributed by atoms with van der Waals surface area (Å²) in [4.78, 5) is 9.20. The van der Waals surface area contributed by atoms with Crippen LogP contribution in [0, 0.1) is 23.9 Å². The largest absolute Gasteiger partial charge is 0.305 e. The van der Waals surface area contributed by atoms with Crippen LogP contribution in [0.5, 0.6) is 0 Å². The third-order valence-corrected chi connectivity index (χ3v) is 10.8. The summed E-state index contributed by atoms with van der Waals surface area (Å²) in [5.74, 6) is 0.936. The summed E-state index contributed by atoms with van der Waals surface area (Å²) in [6.07, 6.45) is 5.08. The molecule has 0 bridgehead atoms. The number of benzene rings is 3. The Hall–Kier alpha value is -3.02. The van der Waals surface area contributed by atoms with Gasteiger partial charge in [-0.05, 0) is 57.7 Å². The van der Waals surface area contributed by atoms with E-state index in [1.54, 1.807) is 17.4 Å². The summed E-state index contributed by atoms with van der Waals surface area (Å²) in [5, 5.41) is 3.13. The molecule has 0 amide bonds. The van der Waals surface area contributed by atoms with Gasteiger partial charge in [0, 0.05) is 42.6 Å². The number of aromatic nitrogens is 2. The minimum Gasteiger partial charge on any atom is -0.305 e. The van der Waals surface area contributed by atoms with Gasteiger partial charge < -0.3 is 9.97 Å². The molecule has 229 valence electrons. The van der Waals surface area contributed by atoms with Gasteiger partial charge in [0.1, 0.15) is 5.82 Å². The van der Waals surface area contributed by atoms with Crippen molar-refractivity contribution in [1.82, 2.24) is 9.97 Å². The first-order chi connectivity index (χ1) is 20.5. The topological polar surface area (TPSA) is 25.8 Å². The molecule has 6 aromatic rings. The molecule has 0 fully saturated rings. The summed E-state index contributed by atoms with van der Waals surface area (Å²) in [6, 6.07) is 30.1. The second-order valence-electron chi connectivity index (χ2n) is 12.8. The number of rotatable bonds is 6. The first-order valence-corrected chi connectivity index (χ1v) is 19.3. The van der Waals surface area contributed by atoms with Crippen molar-refractivity contribution in [2.75, 3.05) is 0 Å². The van der Waals surface area contributed by atoms with E-state index in [1.807, 2.05) is 48.7 Å². The van der Waals surface area contributed by atoms with Crippen LogP contribution in [0.25, 0.3) is 42.7 Å². The van der Waals surface area contributed by atoms with Crippen molar-refractivity contribution in [2.45, 2.75) is 59.7 Å².